The highest BCUT2D eigenvalue weighted by molar-refractivity contribution is 5.89. The van der Waals surface area contributed by atoms with Gasteiger partial charge in [0.1, 0.15) is 18.1 Å². The minimum atomic E-state index is -0.365. The summed E-state index contributed by atoms with van der Waals surface area (Å²) < 4.78 is 11.7. The smallest absolute Gasteiger partial charge is 0.337 e. The zero-order valence-electron chi connectivity index (χ0n) is 10.2. The number of esters is 1. The molecule has 6 heteroatoms. The minimum absolute atomic E-state index is 0.339. The first-order chi connectivity index (χ1) is 8.69. The molecule has 2 aromatic rings. The molecule has 1 aromatic heterocycles. The first-order valence-corrected chi connectivity index (χ1v) is 5.35. The van der Waals surface area contributed by atoms with Crippen LogP contribution in [0.25, 0.3) is 0 Å². The lowest BCUT2D eigenvalue weighted by molar-refractivity contribution is 0.0600. The van der Waals surface area contributed by atoms with Crippen molar-refractivity contribution in [2.24, 2.45) is 7.05 Å². The van der Waals surface area contributed by atoms with Crippen molar-refractivity contribution in [2.75, 3.05) is 7.11 Å². The Kier molecular flexibility index (Phi) is 3.57. The van der Waals surface area contributed by atoms with Crippen LogP contribution in [0.4, 0.5) is 0 Å². The SMILES string of the molecule is COC(=O)c1ccc(OCc2cn(C)nn2)cc1. The van der Waals surface area contributed by atoms with Gasteiger partial charge in [-0.2, -0.15) is 0 Å². The molecule has 0 aliphatic rings. The molecule has 0 saturated carbocycles. The zero-order chi connectivity index (χ0) is 13.0. The lowest BCUT2D eigenvalue weighted by Crippen LogP contribution is -2.01. The molecule has 0 aliphatic heterocycles. The second kappa shape index (κ2) is 5.31. The molecule has 1 heterocycles. The Balaban J connectivity index is 1.96. The standard InChI is InChI=1S/C12H13N3O3/c1-15-7-10(13-14-15)8-18-11-5-3-9(4-6-11)12(16)17-2/h3-7H,8H2,1-2H3. The number of hydrogen-bond donors (Lipinski definition) is 0. The van der Waals surface area contributed by atoms with E-state index in [9.17, 15) is 4.79 Å². The predicted octanol–water partition coefficient (Wildman–Crippen LogP) is 1.18. The Hall–Kier alpha value is -2.37. The van der Waals surface area contributed by atoms with Crippen LogP contribution in [0.5, 0.6) is 5.75 Å². The Morgan fingerprint density at radius 3 is 2.61 bits per heavy atom. The van der Waals surface area contributed by atoms with E-state index in [0.717, 1.165) is 5.69 Å². The highest BCUT2D eigenvalue weighted by atomic mass is 16.5. The molecule has 0 saturated heterocycles. The molecule has 1 aromatic carbocycles. The van der Waals surface area contributed by atoms with Crippen molar-refractivity contribution in [2.45, 2.75) is 6.61 Å². The average Bonchev–Trinajstić information content (AvgIpc) is 2.82. The van der Waals surface area contributed by atoms with Crippen LogP contribution in [0.3, 0.4) is 0 Å². The Bertz CT molecular complexity index is 534. The number of benzene rings is 1. The second-order valence-electron chi connectivity index (χ2n) is 3.69. The van der Waals surface area contributed by atoms with Crippen LogP contribution < -0.4 is 4.74 Å². The summed E-state index contributed by atoms with van der Waals surface area (Å²) in [4.78, 5) is 11.2. The molecule has 2 rings (SSSR count). The topological polar surface area (TPSA) is 66.2 Å². The maximum absolute atomic E-state index is 11.2. The molecule has 0 fully saturated rings. The van der Waals surface area contributed by atoms with Gasteiger partial charge in [0, 0.05) is 7.05 Å². The second-order valence-corrected chi connectivity index (χ2v) is 3.69. The zero-order valence-corrected chi connectivity index (χ0v) is 10.2. The molecule has 18 heavy (non-hydrogen) atoms. The summed E-state index contributed by atoms with van der Waals surface area (Å²) in [6.07, 6.45) is 1.78. The van der Waals surface area contributed by atoms with E-state index >= 15 is 0 Å². The summed E-state index contributed by atoms with van der Waals surface area (Å²) in [6, 6.07) is 6.72. The van der Waals surface area contributed by atoms with Gasteiger partial charge in [-0.3, -0.25) is 4.68 Å². The molecule has 6 nitrogen and oxygen atoms in total. The third kappa shape index (κ3) is 2.85. The maximum atomic E-state index is 11.2. The van der Waals surface area contributed by atoms with Gasteiger partial charge in [-0.15, -0.1) is 5.10 Å². The van der Waals surface area contributed by atoms with Crippen LogP contribution in [0.1, 0.15) is 16.1 Å². The van der Waals surface area contributed by atoms with Crippen molar-refractivity contribution < 1.29 is 14.3 Å². The van der Waals surface area contributed by atoms with Crippen molar-refractivity contribution in [3.05, 3.63) is 41.7 Å². The number of carbonyl (C=O) groups is 1. The summed E-state index contributed by atoms with van der Waals surface area (Å²) in [5.74, 6) is 0.295. The molecule has 0 N–H and O–H groups in total. The maximum Gasteiger partial charge on any atom is 0.337 e. The number of methoxy groups -OCH3 is 1. The van der Waals surface area contributed by atoms with Gasteiger partial charge >= 0.3 is 5.97 Å². The molecule has 0 spiro atoms. The molecule has 0 aliphatic carbocycles. The van der Waals surface area contributed by atoms with Crippen molar-refractivity contribution in [1.82, 2.24) is 15.0 Å². The highest BCUT2D eigenvalue weighted by Crippen LogP contribution is 2.14. The molecule has 0 amide bonds. The fourth-order valence-electron chi connectivity index (χ4n) is 1.42. The van der Waals surface area contributed by atoms with Crippen LogP contribution in [-0.2, 0) is 18.4 Å². The summed E-state index contributed by atoms with van der Waals surface area (Å²) >= 11 is 0. The van der Waals surface area contributed by atoms with E-state index in [1.54, 1.807) is 42.2 Å². The minimum Gasteiger partial charge on any atom is -0.487 e. The van der Waals surface area contributed by atoms with E-state index in [1.807, 2.05) is 0 Å². The fraction of sp³-hybridized carbons (Fsp3) is 0.250. The van der Waals surface area contributed by atoms with Crippen molar-refractivity contribution in [1.29, 1.82) is 0 Å². The Morgan fingerprint density at radius 2 is 2.06 bits per heavy atom. The van der Waals surface area contributed by atoms with E-state index in [0.29, 0.717) is 17.9 Å². The van der Waals surface area contributed by atoms with Crippen molar-refractivity contribution >= 4 is 5.97 Å². The van der Waals surface area contributed by atoms with Gasteiger partial charge in [-0.1, -0.05) is 5.21 Å². The quantitative estimate of drug-likeness (QED) is 0.759. The summed E-state index contributed by atoms with van der Waals surface area (Å²) in [5.41, 5.74) is 1.24. The van der Waals surface area contributed by atoms with Gasteiger partial charge < -0.3 is 9.47 Å². The third-order valence-corrected chi connectivity index (χ3v) is 2.31. The molecular formula is C12H13N3O3. The number of aromatic nitrogens is 3. The average molecular weight is 247 g/mol. The number of rotatable bonds is 4. The fourth-order valence-corrected chi connectivity index (χ4v) is 1.42. The van der Waals surface area contributed by atoms with E-state index in [2.05, 4.69) is 15.0 Å². The summed E-state index contributed by atoms with van der Waals surface area (Å²) in [6.45, 7) is 0.339. The van der Waals surface area contributed by atoms with Crippen LogP contribution in [0.15, 0.2) is 30.5 Å². The first-order valence-electron chi connectivity index (χ1n) is 5.35. The Morgan fingerprint density at radius 1 is 1.33 bits per heavy atom. The molecule has 0 atom stereocenters. The van der Waals surface area contributed by atoms with Crippen LogP contribution in [0.2, 0.25) is 0 Å². The first kappa shape index (κ1) is 12.1. The van der Waals surface area contributed by atoms with Gasteiger partial charge in [0.25, 0.3) is 0 Å². The molecule has 94 valence electrons. The molecule has 0 bridgehead atoms. The highest BCUT2D eigenvalue weighted by Gasteiger charge is 2.05. The largest absolute Gasteiger partial charge is 0.487 e. The van der Waals surface area contributed by atoms with Crippen LogP contribution >= 0.6 is 0 Å². The normalized spacial score (nSPS) is 10.1. The third-order valence-electron chi connectivity index (χ3n) is 2.31. The molecular weight excluding hydrogens is 234 g/mol. The van der Waals surface area contributed by atoms with Gasteiger partial charge in [0.2, 0.25) is 0 Å². The molecule has 0 radical (unpaired) electrons. The number of hydrogen-bond acceptors (Lipinski definition) is 5. The van der Waals surface area contributed by atoms with E-state index in [1.165, 1.54) is 7.11 Å². The lowest BCUT2D eigenvalue weighted by atomic mass is 10.2. The van der Waals surface area contributed by atoms with Crippen LogP contribution in [0, 0.1) is 0 Å². The van der Waals surface area contributed by atoms with Crippen molar-refractivity contribution in [3.8, 4) is 5.75 Å². The summed E-state index contributed by atoms with van der Waals surface area (Å²) in [5, 5.41) is 7.71. The van der Waals surface area contributed by atoms with E-state index < -0.39 is 0 Å². The van der Waals surface area contributed by atoms with Crippen molar-refractivity contribution in [3.63, 3.8) is 0 Å². The number of nitrogens with zero attached hydrogens (tertiary/aromatic N) is 3. The molecule has 0 unspecified atom stereocenters. The van der Waals surface area contributed by atoms with Crippen LogP contribution in [-0.4, -0.2) is 28.1 Å². The lowest BCUT2D eigenvalue weighted by Gasteiger charge is -2.04. The summed E-state index contributed by atoms with van der Waals surface area (Å²) in [7, 11) is 3.14. The number of aryl methyl sites for hydroxylation is 1. The van der Waals surface area contributed by atoms with Gasteiger partial charge in [-0.25, -0.2) is 4.79 Å². The predicted molar refractivity (Wildman–Crippen MR) is 63.1 cm³/mol. The number of carbonyl (C=O) groups excluding carboxylic acids is 1. The Labute approximate surface area is 104 Å². The van der Waals surface area contributed by atoms with Gasteiger partial charge in [-0.05, 0) is 24.3 Å². The van der Waals surface area contributed by atoms with E-state index in [-0.39, 0.29) is 5.97 Å². The number of ether oxygens (including phenoxy) is 2. The van der Waals surface area contributed by atoms with Gasteiger partial charge in [0.05, 0.1) is 18.9 Å². The van der Waals surface area contributed by atoms with Gasteiger partial charge in [0.15, 0.2) is 0 Å². The monoisotopic (exact) mass is 247 g/mol. The van der Waals surface area contributed by atoms with E-state index in [4.69, 9.17) is 4.74 Å².